The molecule has 0 radical (unpaired) electrons. The van der Waals surface area contributed by atoms with Gasteiger partial charge in [-0.2, -0.15) is 0 Å². The van der Waals surface area contributed by atoms with E-state index in [0.29, 0.717) is 5.56 Å². The fraction of sp³-hybridized carbons (Fsp3) is 0.222. The summed E-state index contributed by atoms with van der Waals surface area (Å²) >= 11 is 0. The molecule has 5 heteroatoms. The van der Waals surface area contributed by atoms with Gasteiger partial charge < -0.3 is 15.0 Å². The molecule has 0 atom stereocenters. The van der Waals surface area contributed by atoms with Crippen LogP contribution in [0.4, 0.5) is 5.69 Å². The Morgan fingerprint density at radius 3 is 2.26 bits per heavy atom. The molecule has 0 aliphatic heterocycles. The number of rotatable bonds is 6. The number of esters is 1. The van der Waals surface area contributed by atoms with Gasteiger partial charge in [0.15, 0.2) is 0 Å². The first-order valence-electron chi connectivity index (χ1n) is 7.31. The van der Waals surface area contributed by atoms with Crippen LogP contribution in [0.2, 0.25) is 0 Å². The molecule has 0 fully saturated rings. The Morgan fingerprint density at radius 1 is 1.00 bits per heavy atom. The van der Waals surface area contributed by atoms with Crippen LogP contribution >= 0.6 is 0 Å². The van der Waals surface area contributed by atoms with Crippen molar-refractivity contribution in [2.24, 2.45) is 0 Å². The molecule has 0 aliphatic rings. The predicted molar refractivity (Wildman–Crippen MR) is 89.3 cm³/mol. The van der Waals surface area contributed by atoms with Crippen molar-refractivity contribution in [3.8, 4) is 0 Å². The van der Waals surface area contributed by atoms with Crippen LogP contribution in [0.3, 0.4) is 0 Å². The largest absolute Gasteiger partial charge is 0.460 e. The van der Waals surface area contributed by atoms with Crippen molar-refractivity contribution in [1.82, 2.24) is 5.32 Å². The number of hydrogen-bond donors (Lipinski definition) is 1. The van der Waals surface area contributed by atoms with E-state index in [-0.39, 0.29) is 19.1 Å². The van der Waals surface area contributed by atoms with Gasteiger partial charge in [0.2, 0.25) is 0 Å². The van der Waals surface area contributed by atoms with Crippen LogP contribution in [0, 0.1) is 0 Å². The molecule has 120 valence electrons. The molecule has 23 heavy (non-hydrogen) atoms. The second kappa shape index (κ2) is 7.98. The predicted octanol–water partition coefficient (Wildman–Crippen LogP) is 2.23. The maximum absolute atomic E-state index is 12.0. The van der Waals surface area contributed by atoms with Crippen LogP contribution in [0.25, 0.3) is 0 Å². The lowest BCUT2D eigenvalue weighted by Gasteiger charge is -2.12. The number of carbonyl (C=O) groups is 2. The summed E-state index contributed by atoms with van der Waals surface area (Å²) < 4.78 is 5.10. The highest BCUT2D eigenvalue weighted by atomic mass is 16.5. The summed E-state index contributed by atoms with van der Waals surface area (Å²) in [5, 5.41) is 2.56. The number of carbonyl (C=O) groups excluding carboxylic acids is 2. The van der Waals surface area contributed by atoms with Crippen LogP contribution in [0.15, 0.2) is 54.6 Å². The first-order chi connectivity index (χ1) is 11.1. The minimum atomic E-state index is -0.466. The molecule has 0 saturated carbocycles. The highest BCUT2D eigenvalue weighted by molar-refractivity contribution is 5.96. The molecule has 1 N–H and O–H groups in total. The molecular formula is C18H20N2O3. The molecule has 0 saturated heterocycles. The number of benzene rings is 2. The second-order valence-electron chi connectivity index (χ2n) is 5.27. The molecular weight excluding hydrogens is 292 g/mol. The Kier molecular flexibility index (Phi) is 5.74. The number of amides is 1. The number of anilines is 1. The molecule has 0 unspecified atom stereocenters. The van der Waals surface area contributed by atoms with Crippen molar-refractivity contribution in [2.75, 3.05) is 25.5 Å². The Balaban J connectivity index is 1.78. The summed E-state index contributed by atoms with van der Waals surface area (Å²) in [6.45, 7) is 0.0498. The first-order valence-corrected chi connectivity index (χ1v) is 7.31. The molecule has 0 spiro atoms. The third-order valence-electron chi connectivity index (χ3n) is 3.28. The summed E-state index contributed by atoms with van der Waals surface area (Å²) in [7, 11) is 3.86. The van der Waals surface area contributed by atoms with Crippen LogP contribution in [-0.2, 0) is 16.1 Å². The normalized spacial score (nSPS) is 10.0. The Hall–Kier alpha value is -2.82. The number of nitrogens with zero attached hydrogens (tertiary/aromatic N) is 1. The van der Waals surface area contributed by atoms with Crippen LogP contribution in [-0.4, -0.2) is 32.5 Å². The van der Waals surface area contributed by atoms with Gasteiger partial charge in [0, 0.05) is 25.3 Å². The van der Waals surface area contributed by atoms with Gasteiger partial charge in [-0.3, -0.25) is 9.59 Å². The van der Waals surface area contributed by atoms with E-state index in [0.717, 1.165) is 11.3 Å². The lowest BCUT2D eigenvalue weighted by Crippen LogP contribution is -2.30. The van der Waals surface area contributed by atoms with Crippen LogP contribution < -0.4 is 10.2 Å². The maximum Gasteiger partial charge on any atom is 0.325 e. The summed E-state index contributed by atoms with van der Waals surface area (Å²) in [4.78, 5) is 25.6. The zero-order valence-electron chi connectivity index (χ0n) is 13.3. The lowest BCUT2D eigenvalue weighted by atomic mass is 10.2. The van der Waals surface area contributed by atoms with Gasteiger partial charge in [-0.1, -0.05) is 30.3 Å². The average Bonchev–Trinajstić information content (AvgIpc) is 2.58. The van der Waals surface area contributed by atoms with E-state index in [4.69, 9.17) is 4.74 Å². The smallest absolute Gasteiger partial charge is 0.325 e. The van der Waals surface area contributed by atoms with E-state index in [2.05, 4.69) is 5.32 Å². The third kappa shape index (κ3) is 5.14. The number of nitrogens with one attached hydrogen (secondary N) is 1. The van der Waals surface area contributed by atoms with Crippen LogP contribution in [0.5, 0.6) is 0 Å². The van der Waals surface area contributed by atoms with E-state index in [1.165, 1.54) is 0 Å². The highest BCUT2D eigenvalue weighted by Crippen LogP contribution is 2.12. The van der Waals surface area contributed by atoms with Gasteiger partial charge in [-0.15, -0.1) is 0 Å². The first kappa shape index (κ1) is 16.5. The SMILES string of the molecule is CN(C)c1ccc(C(=O)NCC(=O)OCc2ccccc2)cc1. The van der Waals surface area contributed by atoms with E-state index >= 15 is 0 Å². The molecule has 5 nitrogen and oxygen atoms in total. The summed E-state index contributed by atoms with van der Waals surface area (Å²) in [5.74, 6) is -0.765. The molecule has 0 aromatic heterocycles. The number of hydrogen-bond acceptors (Lipinski definition) is 4. The van der Waals surface area contributed by atoms with Crippen molar-refractivity contribution < 1.29 is 14.3 Å². The van der Waals surface area contributed by atoms with Crippen molar-refractivity contribution in [3.63, 3.8) is 0 Å². The zero-order valence-corrected chi connectivity index (χ0v) is 13.3. The average molecular weight is 312 g/mol. The van der Waals surface area contributed by atoms with Gasteiger partial charge in [0.1, 0.15) is 13.2 Å². The van der Waals surface area contributed by atoms with E-state index < -0.39 is 5.97 Å². The molecule has 0 aliphatic carbocycles. The van der Waals surface area contributed by atoms with Gasteiger partial charge >= 0.3 is 5.97 Å². The van der Waals surface area contributed by atoms with Crippen LogP contribution in [0.1, 0.15) is 15.9 Å². The monoisotopic (exact) mass is 312 g/mol. The zero-order chi connectivity index (χ0) is 16.7. The number of ether oxygens (including phenoxy) is 1. The van der Waals surface area contributed by atoms with Crippen molar-refractivity contribution in [1.29, 1.82) is 0 Å². The molecule has 0 heterocycles. The highest BCUT2D eigenvalue weighted by Gasteiger charge is 2.09. The summed E-state index contributed by atoms with van der Waals surface area (Å²) in [5.41, 5.74) is 2.42. The maximum atomic E-state index is 12.0. The molecule has 2 aromatic carbocycles. The van der Waals surface area contributed by atoms with Gasteiger partial charge in [0.05, 0.1) is 0 Å². The Morgan fingerprint density at radius 2 is 1.65 bits per heavy atom. The topological polar surface area (TPSA) is 58.6 Å². The molecule has 1 amide bonds. The van der Waals surface area contributed by atoms with Gasteiger partial charge in [-0.25, -0.2) is 0 Å². The minimum absolute atomic E-state index is 0.152. The Labute approximate surface area is 135 Å². The van der Waals surface area contributed by atoms with Crippen molar-refractivity contribution in [3.05, 3.63) is 65.7 Å². The molecule has 2 aromatic rings. The van der Waals surface area contributed by atoms with Crippen molar-refractivity contribution >= 4 is 17.6 Å². The van der Waals surface area contributed by atoms with E-state index in [1.54, 1.807) is 12.1 Å². The van der Waals surface area contributed by atoms with Crippen molar-refractivity contribution in [2.45, 2.75) is 6.61 Å². The molecule has 2 rings (SSSR count). The lowest BCUT2D eigenvalue weighted by molar-refractivity contribution is -0.143. The quantitative estimate of drug-likeness (QED) is 0.831. The van der Waals surface area contributed by atoms with Gasteiger partial charge in [0.25, 0.3) is 5.91 Å². The van der Waals surface area contributed by atoms with Gasteiger partial charge in [-0.05, 0) is 29.8 Å². The molecule has 0 bridgehead atoms. The second-order valence-corrected chi connectivity index (χ2v) is 5.27. The summed E-state index contributed by atoms with van der Waals surface area (Å²) in [6.07, 6.45) is 0. The summed E-state index contributed by atoms with van der Waals surface area (Å²) in [6, 6.07) is 16.5. The Bertz CT molecular complexity index is 652. The fourth-order valence-electron chi connectivity index (χ4n) is 1.95. The fourth-order valence-corrected chi connectivity index (χ4v) is 1.95. The third-order valence-corrected chi connectivity index (χ3v) is 3.28. The van der Waals surface area contributed by atoms with E-state index in [1.807, 2.05) is 61.5 Å². The minimum Gasteiger partial charge on any atom is -0.460 e. The standard InChI is InChI=1S/C18H20N2O3/c1-20(2)16-10-8-15(9-11-16)18(22)19-12-17(21)23-13-14-6-4-3-5-7-14/h3-11H,12-13H2,1-2H3,(H,19,22). The van der Waals surface area contributed by atoms with E-state index in [9.17, 15) is 9.59 Å².